The van der Waals surface area contributed by atoms with Gasteiger partial charge >= 0.3 is 0 Å². The minimum absolute atomic E-state index is 0.00174. The highest BCUT2D eigenvalue weighted by atomic mass is 35.5. The fourth-order valence-electron chi connectivity index (χ4n) is 2.69. The average Bonchev–Trinajstić information content (AvgIpc) is 3.04. The quantitative estimate of drug-likeness (QED) is 0.583. The molecule has 26 heavy (non-hydrogen) atoms. The number of nitrogens with one attached hydrogen (secondary N) is 2. The molecule has 3 N–H and O–H groups in total. The first-order valence-electron chi connectivity index (χ1n) is 8.67. The molecule has 0 aliphatic carbocycles. The van der Waals surface area contributed by atoms with E-state index >= 15 is 0 Å². The lowest BCUT2D eigenvalue weighted by Gasteiger charge is -2.12. The first-order valence-corrected chi connectivity index (χ1v) is 9.05. The molecule has 2 aromatic heterocycles. The van der Waals surface area contributed by atoms with E-state index in [1.165, 1.54) is 0 Å². The molecule has 0 aliphatic heterocycles. The second-order valence-electron chi connectivity index (χ2n) is 6.29. The Morgan fingerprint density at radius 3 is 2.73 bits per heavy atom. The number of aliphatic hydroxyl groups excluding tert-OH is 1. The van der Waals surface area contributed by atoms with Crippen molar-refractivity contribution in [3.8, 4) is 0 Å². The Balaban J connectivity index is 2.07. The number of benzene rings is 1. The standard InChI is InChI=1S/C18H23ClN6O/c1-4-12-7-13(19)9-14(8-12)22-16-15-17(25(10-21-15)11(2)3)24-18(23-16)20-5-6-26/h7-11,26H,4-6H2,1-3H3,(H2,20,22,23,24). The summed E-state index contributed by atoms with van der Waals surface area (Å²) in [5.74, 6) is 1.04. The predicted octanol–water partition coefficient (Wildman–Crippen LogP) is 3.77. The minimum Gasteiger partial charge on any atom is -0.395 e. The number of rotatable bonds is 7. The van der Waals surface area contributed by atoms with Crippen molar-refractivity contribution in [3.63, 3.8) is 0 Å². The molecule has 0 fully saturated rings. The van der Waals surface area contributed by atoms with Crippen LogP contribution in [0.15, 0.2) is 24.5 Å². The molecular weight excluding hydrogens is 352 g/mol. The number of hydrogen-bond donors (Lipinski definition) is 3. The third-order valence-corrected chi connectivity index (χ3v) is 4.22. The number of aryl methyl sites for hydroxylation is 1. The monoisotopic (exact) mass is 374 g/mol. The summed E-state index contributed by atoms with van der Waals surface area (Å²) in [4.78, 5) is 13.6. The van der Waals surface area contributed by atoms with Gasteiger partial charge in [0.1, 0.15) is 0 Å². The van der Waals surface area contributed by atoms with Crippen LogP contribution in [0.25, 0.3) is 11.2 Å². The minimum atomic E-state index is 0.00174. The summed E-state index contributed by atoms with van der Waals surface area (Å²) in [6.45, 7) is 6.60. The van der Waals surface area contributed by atoms with E-state index in [2.05, 4.69) is 46.4 Å². The Kier molecular flexibility index (Phi) is 5.58. The molecular formula is C18H23ClN6O. The Morgan fingerprint density at radius 1 is 1.23 bits per heavy atom. The molecule has 0 atom stereocenters. The summed E-state index contributed by atoms with van der Waals surface area (Å²) in [5.41, 5.74) is 3.40. The van der Waals surface area contributed by atoms with Gasteiger partial charge in [-0.05, 0) is 44.0 Å². The van der Waals surface area contributed by atoms with Gasteiger partial charge < -0.3 is 20.3 Å². The van der Waals surface area contributed by atoms with Crippen molar-refractivity contribution in [2.24, 2.45) is 0 Å². The Bertz CT molecular complexity index is 908. The van der Waals surface area contributed by atoms with Crippen LogP contribution in [0.1, 0.15) is 32.4 Å². The summed E-state index contributed by atoms with van der Waals surface area (Å²) in [6, 6.07) is 6.06. The Labute approximate surface area is 157 Å². The molecule has 0 spiro atoms. The summed E-state index contributed by atoms with van der Waals surface area (Å²) < 4.78 is 1.99. The molecule has 3 aromatic rings. The number of halogens is 1. The van der Waals surface area contributed by atoms with Crippen LogP contribution >= 0.6 is 11.6 Å². The SMILES string of the molecule is CCc1cc(Cl)cc(Nc2nc(NCCO)nc3c2ncn3C(C)C)c1. The third kappa shape index (κ3) is 3.89. The van der Waals surface area contributed by atoms with Gasteiger partial charge in [-0.25, -0.2) is 4.98 Å². The topological polar surface area (TPSA) is 87.9 Å². The van der Waals surface area contributed by atoms with Crippen molar-refractivity contribution < 1.29 is 5.11 Å². The van der Waals surface area contributed by atoms with Crippen molar-refractivity contribution in [2.45, 2.75) is 33.2 Å². The van der Waals surface area contributed by atoms with Crippen molar-refractivity contribution in [2.75, 3.05) is 23.8 Å². The number of hydrogen-bond acceptors (Lipinski definition) is 6. The zero-order valence-corrected chi connectivity index (χ0v) is 15.9. The maximum absolute atomic E-state index is 9.07. The largest absolute Gasteiger partial charge is 0.395 e. The van der Waals surface area contributed by atoms with E-state index in [0.717, 1.165) is 23.3 Å². The first kappa shape index (κ1) is 18.4. The zero-order chi connectivity index (χ0) is 18.7. The van der Waals surface area contributed by atoms with Crippen molar-refractivity contribution >= 4 is 40.2 Å². The third-order valence-electron chi connectivity index (χ3n) is 4.00. The van der Waals surface area contributed by atoms with Crippen LogP contribution < -0.4 is 10.6 Å². The molecule has 8 heteroatoms. The van der Waals surface area contributed by atoms with Crippen LogP contribution in [0.5, 0.6) is 0 Å². The molecule has 1 aromatic carbocycles. The number of nitrogens with zero attached hydrogens (tertiary/aromatic N) is 4. The van der Waals surface area contributed by atoms with Crippen LogP contribution in [-0.4, -0.2) is 37.8 Å². The molecule has 0 saturated carbocycles. The van der Waals surface area contributed by atoms with E-state index in [0.29, 0.717) is 28.9 Å². The number of aliphatic hydroxyl groups is 1. The number of fused-ring (bicyclic) bond motifs is 1. The maximum atomic E-state index is 9.07. The van der Waals surface area contributed by atoms with Gasteiger partial charge in [-0.3, -0.25) is 0 Å². The van der Waals surface area contributed by atoms with Gasteiger partial charge in [0, 0.05) is 23.3 Å². The van der Waals surface area contributed by atoms with Crippen LogP contribution in [0, 0.1) is 0 Å². The van der Waals surface area contributed by atoms with Gasteiger partial charge in [-0.2, -0.15) is 9.97 Å². The summed E-state index contributed by atoms with van der Waals surface area (Å²) >= 11 is 6.23. The first-order chi connectivity index (χ1) is 12.5. The number of anilines is 3. The van der Waals surface area contributed by atoms with E-state index in [1.807, 2.05) is 22.8 Å². The summed E-state index contributed by atoms with van der Waals surface area (Å²) in [7, 11) is 0. The smallest absolute Gasteiger partial charge is 0.226 e. The molecule has 7 nitrogen and oxygen atoms in total. The fraction of sp³-hybridized carbons (Fsp3) is 0.389. The summed E-state index contributed by atoms with van der Waals surface area (Å²) in [5, 5.41) is 16.1. The average molecular weight is 375 g/mol. The van der Waals surface area contributed by atoms with Gasteiger partial charge in [0.25, 0.3) is 0 Å². The van der Waals surface area contributed by atoms with E-state index in [4.69, 9.17) is 16.7 Å². The van der Waals surface area contributed by atoms with Gasteiger partial charge in [0.05, 0.1) is 12.9 Å². The Morgan fingerprint density at radius 2 is 2.04 bits per heavy atom. The molecule has 3 rings (SSSR count). The number of imidazole rings is 1. The van der Waals surface area contributed by atoms with E-state index in [-0.39, 0.29) is 12.6 Å². The van der Waals surface area contributed by atoms with Crippen LogP contribution in [0.2, 0.25) is 5.02 Å². The lowest BCUT2D eigenvalue weighted by Crippen LogP contribution is -2.11. The van der Waals surface area contributed by atoms with Crippen molar-refractivity contribution in [1.82, 2.24) is 19.5 Å². The maximum Gasteiger partial charge on any atom is 0.226 e. The van der Waals surface area contributed by atoms with Gasteiger partial charge in [0.15, 0.2) is 17.0 Å². The molecule has 0 radical (unpaired) electrons. The van der Waals surface area contributed by atoms with E-state index in [9.17, 15) is 0 Å². The van der Waals surface area contributed by atoms with Crippen LogP contribution in [0.3, 0.4) is 0 Å². The predicted molar refractivity (Wildman–Crippen MR) is 105 cm³/mol. The molecule has 2 heterocycles. The number of aromatic nitrogens is 4. The van der Waals surface area contributed by atoms with Gasteiger partial charge in [0.2, 0.25) is 5.95 Å². The highest BCUT2D eigenvalue weighted by Crippen LogP contribution is 2.28. The van der Waals surface area contributed by atoms with E-state index < -0.39 is 0 Å². The molecule has 138 valence electrons. The molecule has 0 aliphatic rings. The lowest BCUT2D eigenvalue weighted by molar-refractivity contribution is 0.311. The normalized spacial score (nSPS) is 11.3. The second-order valence-corrected chi connectivity index (χ2v) is 6.73. The van der Waals surface area contributed by atoms with Crippen LogP contribution in [0.4, 0.5) is 17.5 Å². The lowest BCUT2D eigenvalue weighted by atomic mass is 10.1. The highest BCUT2D eigenvalue weighted by Gasteiger charge is 2.15. The zero-order valence-electron chi connectivity index (χ0n) is 15.1. The van der Waals surface area contributed by atoms with Crippen LogP contribution in [-0.2, 0) is 6.42 Å². The molecule has 0 amide bonds. The molecule has 0 unspecified atom stereocenters. The van der Waals surface area contributed by atoms with Gasteiger partial charge in [-0.15, -0.1) is 0 Å². The van der Waals surface area contributed by atoms with Gasteiger partial charge in [-0.1, -0.05) is 18.5 Å². The second kappa shape index (κ2) is 7.88. The van der Waals surface area contributed by atoms with Crippen molar-refractivity contribution in [3.05, 3.63) is 35.1 Å². The molecule has 0 bridgehead atoms. The van der Waals surface area contributed by atoms with Crippen molar-refractivity contribution in [1.29, 1.82) is 0 Å². The van der Waals surface area contributed by atoms with E-state index in [1.54, 1.807) is 6.33 Å². The molecule has 0 saturated heterocycles. The fourth-order valence-corrected chi connectivity index (χ4v) is 2.95. The Hall–Kier alpha value is -2.38. The highest BCUT2D eigenvalue weighted by molar-refractivity contribution is 6.31. The summed E-state index contributed by atoms with van der Waals surface area (Å²) in [6.07, 6.45) is 2.65.